The molecule has 0 spiro atoms. The smallest absolute Gasteiger partial charge is 0.0999 e. The van der Waals surface area contributed by atoms with Crippen molar-refractivity contribution in [1.82, 2.24) is 5.32 Å². The summed E-state index contributed by atoms with van der Waals surface area (Å²) >= 11 is 3.48. The molecule has 0 radical (unpaired) electrons. The molecular weight excluding hydrogens is 390 g/mol. The number of rotatable bonds is 10. The predicted octanol–water partition coefficient (Wildman–Crippen LogP) is 4.44. The molecule has 0 aliphatic rings. The molecule has 26 heavy (non-hydrogen) atoms. The fourth-order valence-electron chi connectivity index (χ4n) is 3.47. The fraction of sp³-hybridized carbons (Fsp3) is 0.455. The molecule has 0 saturated heterocycles. The Hall–Kier alpha value is -1.20. The number of benzene rings is 2. The average molecular weight is 420 g/mol. The molecular formula is C22H30BrNO2. The van der Waals surface area contributed by atoms with Gasteiger partial charge in [0, 0.05) is 23.5 Å². The van der Waals surface area contributed by atoms with Gasteiger partial charge in [0.15, 0.2) is 0 Å². The Morgan fingerprint density at radius 1 is 1.00 bits per heavy atom. The Labute approximate surface area is 165 Å². The number of hydrogen-bond acceptors (Lipinski definition) is 3. The van der Waals surface area contributed by atoms with Crippen LogP contribution < -0.4 is 5.32 Å². The zero-order valence-electron chi connectivity index (χ0n) is 15.7. The molecule has 0 heterocycles. The summed E-state index contributed by atoms with van der Waals surface area (Å²) in [7, 11) is 0. The van der Waals surface area contributed by atoms with Crippen LogP contribution in [0, 0.1) is 5.92 Å². The molecule has 2 aromatic rings. The fourth-order valence-corrected chi connectivity index (χ4v) is 3.74. The van der Waals surface area contributed by atoms with Crippen LogP contribution in [0.4, 0.5) is 0 Å². The van der Waals surface area contributed by atoms with Gasteiger partial charge in [0.25, 0.3) is 0 Å². The van der Waals surface area contributed by atoms with Crippen molar-refractivity contribution in [2.75, 3.05) is 19.7 Å². The second-order valence-electron chi connectivity index (χ2n) is 7.09. The van der Waals surface area contributed by atoms with Crippen molar-refractivity contribution in [1.29, 1.82) is 0 Å². The second-order valence-corrected chi connectivity index (χ2v) is 8.00. The molecule has 3 N–H and O–H groups in total. The third-order valence-electron chi connectivity index (χ3n) is 5.03. The standard InChI is InChI=1S/C22H30BrNO2/c1-17(2)22(26,19-10-12-20(23)13-11-19)21(16-24-14-6-7-15-25)18-8-4-3-5-9-18/h3-5,8-13,17,21,24-26H,6-7,14-16H2,1-2H3/t21-,22-/m0/s1. The molecule has 0 bridgehead atoms. The van der Waals surface area contributed by atoms with E-state index < -0.39 is 5.60 Å². The minimum atomic E-state index is -0.980. The van der Waals surface area contributed by atoms with E-state index in [1.807, 2.05) is 42.5 Å². The van der Waals surface area contributed by atoms with Gasteiger partial charge >= 0.3 is 0 Å². The van der Waals surface area contributed by atoms with Crippen molar-refractivity contribution in [3.63, 3.8) is 0 Å². The van der Waals surface area contributed by atoms with E-state index in [2.05, 4.69) is 47.2 Å². The molecule has 0 unspecified atom stereocenters. The Kier molecular flexibility index (Phi) is 8.29. The number of aliphatic hydroxyl groups excluding tert-OH is 1. The molecule has 0 fully saturated rings. The first-order valence-electron chi connectivity index (χ1n) is 9.35. The number of aliphatic hydroxyl groups is 2. The van der Waals surface area contributed by atoms with Gasteiger partial charge in [0.1, 0.15) is 0 Å². The van der Waals surface area contributed by atoms with Gasteiger partial charge in [-0.1, -0.05) is 72.2 Å². The first-order valence-corrected chi connectivity index (χ1v) is 10.1. The van der Waals surface area contributed by atoms with Gasteiger partial charge in [0.2, 0.25) is 0 Å². The second kappa shape index (κ2) is 10.2. The van der Waals surface area contributed by atoms with E-state index >= 15 is 0 Å². The maximum atomic E-state index is 11.9. The lowest BCUT2D eigenvalue weighted by atomic mass is 9.70. The summed E-state index contributed by atoms with van der Waals surface area (Å²) in [4.78, 5) is 0. The van der Waals surface area contributed by atoms with E-state index in [4.69, 9.17) is 5.11 Å². The maximum Gasteiger partial charge on any atom is 0.0999 e. The van der Waals surface area contributed by atoms with Gasteiger partial charge in [-0.25, -0.2) is 0 Å². The van der Waals surface area contributed by atoms with E-state index in [9.17, 15) is 5.11 Å². The molecule has 0 aliphatic heterocycles. The summed E-state index contributed by atoms with van der Waals surface area (Å²) in [6, 6.07) is 18.2. The third kappa shape index (κ3) is 5.17. The topological polar surface area (TPSA) is 52.5 Å². The van der Waals surface area contributed by atoms with Crippen LogP contribution in [0.5, 0.6) is 0 Å². The van der Waals surface area contributed by atoms with E-state index in [0.29, 0.717) is 6.54 Å². The minimum Gasteiger partial charge on any atom is -0.396 e. The molecule has 3 nitrogen and oxygen atoms in total. The SMILES string of the molecule is CC(C)[C@](O)(c1ccc(Br)cc1)[C@@H](CNCCCCO)c1ccccc1. The zero-order valence-corrected chi connectivity index (χ0v) is 17.2. The van der Waals surface area contributed by atoms with Crippen molar-refractivity contribution in [2.24, 2.45) is 5.92 Å². The normalized spacial score (nSPS) is 15.0. The van der Waals surface area contributed by atoms with E-state index in [0.717, 1.165) is 35.0 Å². The highest BCUT2D eigenvalue weighted by Crippen LogP contribution is 2.42. The zero-order chi connectivity index (χ0) is 19.0. The number of hydrogen-bond donors (Lipinski definition) is 3. The predicted molar refractivity (Wildman–Crippen MR) is 111 cm³/mol. The van der Waals surface area contributed by atoms with Crippen molar-refractivity contribution < 1.29 is 10.2 Å². The van der Waals surface area contributed by atoms with Gasteiger partial charge in [-0.05, 0) is 48.6 Å². The minimum absolute atomic E-state index is 0.0492. The highest BCUT2D eigenvalue weighted by molar-refractivity contribution is 9.10. The van der Waals surface area contributed by atoms with Gasteiger partial charge in [-0.2, -0.15) is 0 Å². The monoisotopic (exact) mass is 419 g/mol. The molecule has 142 valence electrons. The van der Waals surface area contributed by atoms with Crippen LogP contribution in [-0.4, -0.2) is 29.9 Å². The van der Waals surface area contributed by atoms with Crippen LogP contribution in [0.2, 0.25) is 0 Å². The van der Waals surface area contributed by atoms with Crippen molar-refractivity contribution >= 4 is 15.9 Å². The largest absolute Gasteiger partial charge is 0.396 e. The quantitative estimate of drug-likeness (QED) is 0.498. The molecule has 0 saturated carbocycles. The maximum absolute atomic E-state index is 11.9. The summed E-state index contributed by atoms with van der Waals surface area (Å²) in [5.74, 6) is -0.0212. The summed E-state index contributed by atoms with van der Waals surface area (Å²) in [6.45, 7) is 5.88. The average Bonchev–Trinajstić information content (AvgIpc) is 2.65. The Morgan fingerprint density at radius 2 is 1.65 bits per heavy atom. The van der Waals surface area contributed by atoms with Crippen LogP contribution in [0.1, 0.15) is 43.7 Å². The highest BCUT2D eigenvalue weighted by atomic mass is 79.9. The van der Waals surface area contributed by atoms with Gasteiger partial charge in [-0.3, -0.25) is 0 Å². The molecule has 2 rings (SSSR count). The van der Waals surface area contributed by atoms with E-state index in [1.54, 1.807) is 0 Å². The number of unbranched alkanes of at least 4 members (excludes halogenated alkanes) is 1. The summed E-state index contributed by atoms with van der Waals surface area (Å²) in [6.07, 6.45) is 1.72. The lowest BCUT2D eigenvalue weighted by Crippen LogP contribution is -2.43. The first kappa shape index (κ1) is 21.1. The van der Waals surface area contributed by atoms with Crippen molar-refractivity contribution in [3.05, 3.63) is 70.2 Å². The summed E-state index contributed by atoms with van der Waals surface area (Å²) in [5, 5.41) is 24.3. The Balaban J connectivity index is 2.34. The van der Waals surface area contributed by atoms with Crippen molar-refractivity contribution in [3.8, 4) is 0 Å². The van der Waals surface area contributed by atoms with Crippen LogP contribution in [0.3, 0.4) is 0 Å². The third-order valence-corrected chi connectivity index (χ3v) is 5.56. The summed E-state index contributed by atoms with van der Waals surface area (Å²) < 4.78 is 1.01. The van der Waals surface area contributed by atoms with Crippen LogP contribution in [0.25, 0.3) is 0 Å². The summed E-state index contributed by atoms with van der Waals surface area (Å²) in [5.41, 5.74) is 1.08. The number of nitrogens with one attached hydrogen (secondary N) is 1. The Morgan fingerprint density at radius 3 is 2.23 bits per heavy atom. The van der Waals surface area contributed by atoms with Crippen LogP contribution in [-0.2, 0) is 5.60 Å². The molecule has 0 aliphatic carbocycles. The molecule has 0 amide bonds. The highest BCUT2D eigenvalue weighted by Gasteiger charge is 2.41. The van der Waals surface area contributed by atoms with E-state index in [1.165, 1.54) is 0 Å². The lowest BCUT2D eigenvalue weighted by Gasteiger charge is -2.41. The molecule has 4 heteroatoms. The van der Waals surface area contributed by atoms with E-state index in [-0.39, 0.29) is 18.4 Å². The van der Waals surface area contributed by atoms with Gasteiger partial charge < -0.3 is 15.5 Å². The Bertz CT molecular complexity index is 645. The first-order chi connectivity index (χ1) is 12.5. The van der Waals surface area contributed by atoms with Crippen LogP contribution in [0.15, 0.2) is 59.1 Å². The van der Waals surface area contributed by atoms with Gasteiger partial charge in [0.05, 0.1) is 5.60 Å². The van der Waals surface area contributed by atoms with Gasteiger partial charge in [-0.15, -0.1) is 0 Å². The lowest BCUT2D eigenvalue weighted by molar-refractivity contribution is -0.0370. The molecule has 2 aromatic carbocycles. The molecule has 2 atom stereocenters. The number of halogens is 1. The van der Waals surface area contributed by atoms with Crippen molar-refractivity contribution in [2.45, 2.75) is 38.2 Å². The van der Waals surface area contributed by atoms with Crippen LogP contribution >= 0.6 is 15.9 Å². The molecule has 0 aromatic heterocycles.